The molecule has 0 aliphatic rings. The summed E-state index contributed by atoms with van der Waals surface area (Å²) in [7, 11) is 0. The van der Waals surface area contributed by atoms with Crippen LogP contribution in [-0.4, -0.2) is 17.4 Å². The Morgan fingerprint density at radius 2 is 1.00 bits per heavy atom. The third-order valence-corrected chi connectivity index (χ3v) is 0. The Morgan fingerprint density at radius 1 is 1.00 bits per heavy atom. The second-order valence-corrected chi connectivity index (χ2v) is 0. The first-order chi connectivity index (χ1) is 0. The van der Waals surface area contributed by atoms with Crippen LogP contribution in [0.5, 0.6) is 0 Å². The standard InChI is InChI=1S/Al.Co.Fe.Ni. The van der Waals surface area contributed by atoms with Gasteiger partial charge in [-0.2, -0.15) is 0 Å². The molecule has 0 aromatic heterocycles. The Morgan fingerprint density at radius 3 is 1.00 bits per heavy atom. The van der Waals surface area contributed by atoms with Gasteiger partial charge in [0.05, 0.1) is 0 Å². The Labute approximate surface area is 67.2 Å². The van der Waals surface area contributed by atoms with Crippen LogP contribution in [0.15, 0.2) is 0 Å². The maximum Gasteiger partial charge on any atom is 0 e. The smallest absolute Gasteiger partial charge is 0 e. The predicted octanol–water partition coefficient (Wildman–Crippen LogP) is -0.388. The van der Waals surface area contributed by atoms with E-state index in [1.54, 1.807) is 0 Å². The molecule has 4 heteroatoms. The third-order valence-electron chi connectivity index (χ3n) is 0. The van der Waals surface area contributed by atoms with E-state index in [0.29, 0.717) is 0 Å². The molecule has 0 saturated carbocycles. The van der Waals surface area contributed by atoms with E-state index in [0.717, 1.165) is 0 Å². The van der Waals surface area contributed by atoms with Crippen molar-refractivity contribution in [3.05, 3.63) is 0 Å². The van der Waals surface area contributed by atoms with Gasteiger partial charge in [-0.25, -0.2) is 0 Å². The molecular formula is AlCoFeNi. The average molecular weight is 200 g/mol. The molecule has 4 heavy (non-hydrogen) atoms. The van der Waals surface area contributed by atoms with E-state index in [2.05, 4.69) is 0 Å². The van der Waals surface area contributed by atoms with Crippen molar-refractivity contribution < 1.29 is 50.3 Å². The monoisotopic (exact) mass is 200 g/mol. The maximum absolute atomic E-state index is 0. The zero-order chi connectivity index (χ0) is 0. The molecule has 0 N–H and O–H groups in total. The summed E-state index contributed by atoms with van der Waals surface area (Å²) in [5.41, 5.74) is 0. The van der Waals surface area contributed by atoms with Gasteiger partial charge in [-0.05, 0) is 0 Å². The van der Waals surface area contributed by atoms with Crippen LogP contribution in [0.2, 0.25) is 0 Å². The quantitative estimate of drug-likeness (QED) is 0.467. The van der Waals surface area contributed by atoms with E-state index in [1.807, 2.05) is 0 Å². The Kier molecular flexibility index (Phi) is 181. The number of hydrogen-bond acceptors (Lipinski definition) is 0. The van der Waals surface area contributed by atoms with E-state index < -0.39 is 0 Å². The molecule has 30 valence electrons. The molecule has 0 aromatic rings. The van der Waals surface area contributed by atoms with Gasteiger partial charge in [0, 0.05) is 67.7 Å². The Hall–Kier alpha value is 2.05. The summed E-state index contributed by atoms with van der Waals surface area (Å²) in [4.78, 5) is 0. The van der Waals surface area contributed by atoms with Gasteiger partial charge in [-0.15, -0.1) is 0 Å². The molecule has 0 aliphatic heterocycles. The first kappa shape index (κ1) is 36.7. The molecule has 0 atom stereocenters. The predicted molar refractivity (Wildman–Crippen MR) is 5.75 cm³/mol. The molecule has 0 amide bonds. The fraction of sp³-hybridized carbons (Fsp3) is 0. The van der Waals surface area contributed by atoms with Crippen LogP contribution in [0.4, 0.5) is 0 Å². The maximum atomic E-state index is 0. The molecule has 0 rings (SSSR count). The van der Waals surface area contributed by atoms with E-state index in [1.165, 1.54) is 0 Å². The third kappa shape index (κ3) is 8.96. The molecule has 0 fully saturated rings. The topological polar surface area (TPSA) is 0 Å². The number of hydrogen-bond donors (Lipinski definition) is 0. The second kappa shape index (κ2) is 19.7. The zero-order valence-electron chi connectivity index (χ0n) is 1.58. The summed E-state index contributed by atoms with van der Waals surface area (Å²) in [6.45, 7) is 0. The van der Waals surface area contributed by atoms with Crippen molar-refractivity contribution in [2.45, 2.75) is 0 Å². The normalized spacial score (nSPS) is 0. The van der Waals surface area contributed by atoms with Crippen LogP contribution in [-0.2, 0) is 50.3 Å². The van der Waals surface area contributed by atoms with Crippen molar-refractivity contribution in [2.24, 2.45) is 0 Å². The van der Waals surface area contributed by atoms with Gasteiger partial charge < -0.3 is 0 Å². The van der Waals surface area contributed by atoms with Gasteiger partial charge in [-0.3, -0.25) is 0 Å². The molecule has 4 radical (unpaired) electrons. The van der Waals surface area contributed by atoms with Crippen molar-refractivity contribution in [3.63, 3.8) is 0 Å². The average Bonchev–Trinajstić information content (AvgIpc) is 0. The SMILES string of the molecule is [Al].[Co].[Fe].[Ni]. The number of rotatable bonds is 0. The van der Waals surface area contributed by atoms with Crippen molar-refractivity contribution in [1.82, 2.24) is 0 Å². The van der Waals surface area contributed by atoms with Crippen LogP contribution in [0, 0.1) is 0 Å². The van der Waals surface area contributed by atoms with Gasteiger partial charge in [0.15, 0.2) is 0 Å². The van der Waals surface area contributed by atoms with Crippen molar-refractivity contribution in [2.75, 3.05) is 0 Å². The van der Waals surface area contributed by atoms with Crippen molar-refractivity contribution in [1.29, 1.82) is 0 Å². The van der Waals surface area contributed by atoms with E-state index in [4.69, 9.17) is 0 Å². The molecule has 0 nitrogen and oxygen atoms in total. The minimum Gasteiger partial charge on any atom is 0 e. The summed E-state index contributed by atoms with van der Waals surface area (Å²) >= 11 is 0. The van der Waals surface area contributed by atoms with Crippen LogP contribution < -0.4 is 0 Å². The summed E-state index contributed by atoms with van der Waals surface area (Å²) in [6, 6.07) is 0. The van der Waals surface area contributed by atoms with Gasteiger partial charge in [0.1, 0.15) is 0 Å². The van der Waals surface area contributed by atoms with Gasteiger partial charge >= 0.3 is 0 Å². The summed E-state index contributed by atoms with van der Waals surface area (Å²) in [6.07, 6.45) is 0. The fourth-order valence-corrected chi connectivity index (χ4v) is 0. The van der Waals surface area contributed by atoms with Gasteiger partial charge in [0.25, 0.3) is 0 Å². The van der Waals surface area contributed by atoms with Crippen LogP contribution >= 0.6 is 0 Å². The van der Waals surface area contributed by atoms with Crippen LogP contribution in [0.25, 0.3) is 0 Å². The van der Waals surface area contributed by atoms with Crippen LogP contribution in [0.3, 0.4) is 0 Å². The minimum atomic E-state index is 0. The molecule has 0 aromatic carbocycles. The Balaban J connectivity index is 0. The molecule has 0 unspecified atom stereocenters. The molecule has 0 bridgehead atoms. The summed E-state index contributed by atoms with van der Waals surface area (Å²) in [5.74, 6) is 0. The largest absolute Gasteiger partial charge is 0 e. The van der Waals surface area contributed by atoms with E-state index in [-0.39, 0.29) is 67.7 Å². The Bertz CT molecular complexity index is 8.00. The minimum absolute atomic E-state index is 0. The van der Waals surface area contributed by atoms with E-state index >= 15 is 0 Å². The molecule has 0 heterocycles. The molecule has 0 saturated heterocycles. The fourth-order valence-electron chi connectivity index (χ4n) is 0. The first-order valence-corrected chi connectivity index (χ1v) is 0. The second-order valence-electron chi connectivity index (χ2n) is 0. The molecule has 0 aliphatic carbocycles. The van der Waals surface area contributed by atoms with Crippen molar-refractivity contribution in [3.8, 4) is 0 Å². The van der Waals surface area contributed by atoms with Gasteiger partial charge in [0.2, 0.25) is 0 Å². The summed E-state index contributed by atoms with van der Waals surface area (Å²) < 4.78 is 0. The first-order valence-electron chi connectivity index (χ1n) is 0. The summed E-state index contributed by atoms with van der Waals surface area (Å²) in [5, 5.41) is 0. The van der Waals surface area contributed by atoms with Gasteiger partial charge in [-0.1, -0.05) is 0 Å². The van der Waals surface area contributed by atoms with Crippen LogP contribution in [0.1, 0.15) is 0 Å². The molecular weight excluding hydrogens is 200 g/mol. The van der Waals surface area contributed by atoms with Crippen molar-refractivity contribution >= 4 is 17.4 Å². The zero-order valence-corrected chi connectivity index (χ0v) is 5.87. The van der Waals surface area contributed by atoms with E-state index in [9.17, 15) is 0 Å². The molecule has 0 spiro atoms.